The van der Waals surface area contributed by atoms with E-state index in [-0.39, 0.29) is 5.91 Å². The summed E-state index contributed by atoms with van der Waals surface area (Å²) < 4.78 is 1.68. The van der Waals surface area contributed by atoms with Crippen molar-refractivity contribution in [3.05, 3.63) is 11.9 Å². The highest BCUT2D eigenvalue weighted by atomic mass is 32.2. The number of amides is 1. The van der Waals surface area contributed by atoms with Crippen molar-refractivity contribution in [2.45, 2.75) is 38.0 Å². The molecule has 0 saturated carbocycles. The fourth-order valence-corrected chi connectivity index (χ4v) is 3.27. The van der Waals surface area contributed by atoms with E-state index in [1.54, 1.807) is 10.9 Å². The molecule has 1 fully saturated rings. The number of nitrogens with one attached hydrogen (secondary N) is 1. The molecular formula is C12H20N4OS. The first kappa shape index (κ1) is 13.3. The Hall–Kier alpha value is -1.17. The van der Waals surface area contributed by atoms with Crippen LogP contribution in [0.15, 0.2) is 6.20 Å². The van der Waals surface area contributed by atoms with E-state index in [9.17, 15) is 4.79 Å². The fourth-order valence-electron chi connectivity index (χ4n) is 2.03. The summed E-state index contributed by atoms with van der Waals surface area (Å²) in [4.78, 5) is 12.0. The van der Waals surface area contributed by atoms with Crippen LogP contribution >= 0.6 is 11.8 Å². The summed E-state index contributed by atoms with van der Waals surface area (Å²) in [5.74, 6) is 1.04. The summed E-state index contributed by atoms with van der Waals surface area (Å²) in [6.07, 6.45) is 5.44. The molecule has 1 aliphatic rings. The van der Waals surface area contributed by atoms with Crippen molar-refractivity contribution in [1.82, 2.24) is 15.1 Å². The molecule has 5 nitrogen and oxygen atoms in total. The maximum absolute atomic E-state index is 12.0. The maximum Gasteiger partial charge on any atom is 0.273 e. The third-order valence-corrected chi connectivity index (χ3v) is 4.49. The van der Waals surface area contributed by atoms with Crippen LogP contribution in [0.25, 0.3) is 0 Å². The largest absolute Gasteiger partial charge is 0.396 e. The molecule has 1 amide bonds. The second kappa shape index (κ2) is 6.13. The number of hydrogen-bond donors (Lipinski definition) is 2. The molecule has 1 saturated heterocycles. The van der Waals surface area contributed by atoms with Crippen LogP contribution in [0.1, 0.15) is 36.7 Å². The van der Waals surface area contributed by atoms with Crippen LogP contribution in [0, 0.1) is 0 Å². The molecular weight excluding hydrogens is 248 g/mol. The van der Waals surface area contributed by atoms with E-state index in [1.807, 2.05) is 18.7 Å². The monoisotopic (exact) mass is 268 g/mol. The van der Waals surface area contributed by atoms with Gasteiger partial charge >= 0.3 is 0 Å². The Kier molecular flexibility index (Phi) is 4.52. The minimum Gasteiger partial charge on any atom is -0.396 e. The zero-order chi connectivity index (χ0) is 13.0. The van der Waals surface area contributed by atoms with Gasteiger partial charge in [0.1, 0.15) is 0 Å². The normalized spacial score (nSPS) is 19.7. The Morgan fingerprint density at radius 1 is 1.67 bits per heavy atom. The van der Waals surface area contributed by atoms with Gasteiger partial charge in [-0.1, -0.05) is 6.42 Å². The number of carbonyl (C=O) groups is 1. The van der Waals surface area contributed by atoms with Crippen LogP contribution in [-0.4, -0.2) is 33.2 Å². The third kappa shape index (κ3) is 3.19. The van der Waals surface area contributed by atoms with Gasteiger partial charge in [-0.2, -0.15) is 16.9 Å². The number of carbonyl (C=O) groups excluding carboxylic acids is 1. The van der Waals surface area contributed by atoms with Crippen molar-refractivity contribution in [2.24, 2.45) is 0 Å². The molecule has 1 unspecified atom stereocenters. The molecule has 6 heteroatoms. The Labute approximate surface area is 111 Å². The molecule has 1 aromatic rings. The molecule has 0 aliphatic carbocycles. The summed E-state index contributed by atoms with van der Waals surface area (Å²) in [6.45, 7) is 3.39. The number of nitrogens with two attached hydrogens (primary N) is 1. The lowest BCUT2D eigenvalue weighted by molar-refractivity contribution is 0.0948. The number of nitrogens with zero attached hydrogens (tertiary/aromatic N) is 2. The summed E-state index contributed by atoms with van der Waals surface area (Å²) in [7, 11) is 0. The minimum absolute atomic E-state index is 0.161. The quantitative estimate of drug-likeness (QED) is 0.868. The fraction of sp³-hybridized carbons (Fsp3) is 0.667. The number of aromatic nitrogens is 2. The predicted octanol–water partition coefficient (Wildman–Crippen LogP) is 1.50. The van der Waals surface area contributed by atoms with E-state index >= 15 is 0 Å². The molecule has 2 rings (SSSR count). The first-order chi connectivity index (χ1) is 8.70. The number of nitrogen functional groups attached to an aromatic ring is 1. The van der Waals surface area contributed by atoms with Gasteiger partial charge in [-0.25, -0.2) is 0 Å². The van der Waals surface area contributed by atoms with Crippen LogP contribution in [0.4, 0.5) is 5.69 Å². The topological polar surface area (TPSA) is 72.9 Å². The van der Waals surface area contributed by atoms with Gasteiger partial charge in [-0.05, 0) is 25.5 Å². The van der Waals surface area contributed by atoms with Crippen molar-refractivity contribution in [3.63, 3.8) is 0 Å². The predicted molar refractivity (Wildman–Crippen MR) is 74.7 cm³/mol. The van der Waals surface area contributed by atoms with Crippen LogP contribution in [0.5, 0.6) is 0 Å². The molecule has 1 aliphatic heterocycles. The van der Waals surface area contributed by atoms with E-state index in [0.717, 1.165) is 6.54 Å². The molecule has 0 bridgehead atoms. The first-order valence-electron chi connectivity index (χ1n) is 6.43. The Bertz CT molecular complexity index is 412. The number of hydrogen-bond acceptors (Lipinski definition) is 4. The second-order valence-electron chi connectivity index (χ2n) is 4.49. The molecule has 0 spiro atoms. The van der Waals surface area contributed by atoms with Gasteiger partial charge in [0.25, 0.3) is 5.91 Å². The Balaban J connectivity index is 1.88. The van der Waals surface area contributed by atoms with Crippen LogP contribution in [0.2, 0.25) is 0 Å². The number of rotatable bonds is 4. The average Bonchev–Trinajstić information content (AvgIpc) is 2.78. The first-order valence-corrected chi connectivity index (χ1v) is 7.48. The van der Waals surface area contributed by atoms with Gasteiger partial charge in [0.15, 0.2) is 5.69 Å². The van der Waals surface area contributed by atoms with Gasteiger partial charge in [0, 0.05) is 24.5 Å². The van der Waals surface area contributed by atoms with E-state index in [4.69, 9.17) is 5.73 Å². The van der Waals surface area contributed by atoms with Crippen molar-refractivity contribution in [3.8, 4) is 0 Å². The summed E-state index contributed by atoms with van der Waals surface area (Å²) in [5, 5.41) is 7.64. The van der Waals surface area contributed by atoms with Gasteiger partial charge in [-0.3, -0.25) is 9.48 Å². The van der Waals surface area contributed by atoms with Crippen LogP contribution in [-0.2, 0) is 6.54 Å². The zero-order valence-corrected chi connectivity index (χ0v) is 11.5. The van der Waals surface area contributed by atoms with E-state index in [1.165, 1.54) is 25.0 Å². The van der Waals surface area contributed by atoms with Crippen LogP contribution < -0.4 is 11.1 Å². The zero-order valence-electron chi connectivity index (χ0n) is 10.7. The van der Waals surface area contributed by atoms with Gasteiger partial charge in [0.2, 0.25) is 0 Å². The average molecular weight is 268 g/mol. The lowest BCUT2D eigenvalue weighted by atomic mass is 10.2. The number of aryl methyl sites for hydroxylation is 1. The van der Waals surface area contributed by atoms with Crippen molar-refractivity contribution >= 4 is 23.4 Å². The molecule has 0 aromatic carbocycles. The van der Waals surface area contributed by atoms with Crippen molar-refractivity contribution < 1.29 is 4.79 Å². The molecule has 0 radical (unpaired) electrons. The Morgan fingerprint density at radius 3 is 3.11 bits per heavy atom. The highest BCUT2D eigenvalue weighted by Crippen LogP contribution is 2.24. The smallest absolute Gasteiger partial charge is 0.273 e. The standard InChI is InChI=1S/C12H20N4OS/c1-2-16-8-10(13)11(15-16)12(17)14-7-9-5-3-4-6-18-9/h8-9H,2-7,13H2,1H3,(H,14,17). The summed E-state index contributed by atoms with van der Waals surface area (Å²) >= 11 is 1.94. The molecule has 2 heterocycles. The Morgan fingerprint density at radius 2 is 2.50 bits per heavy atom. The van der Waals surface area contributed by atoms with Gasteiger partial charge in [-0.15, -0.1) is 0 Å². The SMILES string of the molecule is CCn1cc(N)c(C(=O)NCC2CCCCS2)n1. The highest BCUT2D eigenvalue weighted by molar-refractivity contribution is 7.99. The lowest BCUT2D eigenvalue weighted by Gasteiger charge is -2.21. The summed E-state index contributed by atoms with van der Waals surface area (Å²) in [5.41, 5.74) is 6.57. The molecule has 1 atom stereocenters. The molecule has 18 heavy (non-hydrogen) atoms. The van der Waals surface area contributed by atoms with Gasteiger partial charge < -0.3 is 11.1 Å². The molecule has 3 N–H and O–H groups in total. The van der Waals surface area contributed by atoms with Gasteiger partial charge in [0.05, 0.1) is 5.69 Å². The van der Waals surface area contributed by atoms with Crippen molar-refractivity contribution in [2.75, 3.05) is 18.0 Å². The lowest BCUT2D eigenvalue weighted by Crippen LogP contribution is -2.32. The third-order valence-electron chi connectivity index (χ3n) is 3.09. The molecule has 1 aromatic heterocycles. The highest BCUT2D eigenvalue weighted by Gasteiger charge is 2.18. The summed E-state index contributed by atoms with van der Waals surface area (Å²) in [6, 6.07) is 0. The number of anilines is 1. The number of thioether (sulfide) groups is 1. The maximum atomic E-state index is 12.0. The molecule has 100 valence electrons. The minimum atomic E-state index is -0.161. The van der Waals surface area contributed by atoms with E-state index in [2.05, 4.69) is 10.4 Å². The van der Waals surface area contributed by atoms with Crippen LogP contribution in [0.3, 0.4) is 0 Å². The van der Waals surface area contributed by atoms with E-state index in [0.29, 0.717) is 23.2 Å². The van der Waals surface area contributed by atoms with E-state index < -0.39 is 0 Å². The van der Waals surface area contributed by atoms with Crippen molar-refractivity contribution in [1.29, 1.82) is 0 Å². The second-order valence-corrected chi connectivity index (χ2v) is 5.90.